The van der Waals surface area contributed by atoms with Gasteiger partial charge in [-0.1, -0.05) is 29.8 Å². The number of hydrogen-bond acceptors (Lipinski definition) is 3. The first-order valence-electron chi connectivity index (χ1n) is 5.76. The molecular weight excluding hydrogens is 246 g/mol. The van der Waals surface area contributed by atoms with Gasteiger partial charge in [0, 0.05) is 17.5 Å². The predicted octanol–water partition coefficient (Wildman–Crippen LogP) is 3.17. The second kappa shape index (κ2) is 5.31. The van der Waals surface area contributed by atoms with E-state index in [0.717, 1.165) is 21.8 Å². The molecule has 18 heavy (non-hydrogen) atoms. The van der Waals surface area contributed by atoms with E-state index in [1.165, 1.54) is 11.3 Å². The number of carbonyl (C=O) groups is 1. The Morgan fingerprint density at radius 2 is 2.22 bits per heavy atom. The average molecular weight is 261 g/mol. The van der Waals surface area contributed by atoms with Crippen molar-refractivity contribution in [3.63, 3.8) is 0 Å². The van der Waals surface area contributed by atoms with Crippen molar-refractivity contribution in [2.75, 3.05) is 0 Å². The van der Waals surface area contributed by atoms with Crippen molar-refractivity contribution in [2.24, 2.45) is 0 Å². The van der Waals surface area contributed by atoms with E-state index in [1.54, 1.807) is 0 Å². The smallest absolute Gasteiger partial charge is 0.311 e. The van der Waals surface area contributed by atoms with Crippen molar-refractivity contribution in [1.82, 2.24) is 4.98 Å². The van der Waals surface area contributed by atoms with E-state index in [0.29, 0.717) is 6.42 Å². The largest absolute Gasteiger partial charge is 0.481 e. The lowest BCUT2D eigenvalue weighted by atomic mass is 9.95. The summed E-state index contributed by atoms with van der Waals surface area (Å²) in [6.45, 7) is 3.89. The van der Waals surface area contributed by atoms with Crippen molar-refractivity contribution < 1.29 is 9.90 Å². The minimum Gasteiger partial charge on any atom is -0.481 e. The van der Waals surface area contributed by atoms with Crippen molar-refractivity contribution >= 4 is 17.3 Å². The zero-order valence-electron chi connectivity index (χ0n) is 10.4. The maximum absolute atomic E-state index is 11.4. The van der Waals surface area contributed by atoms with Gasteiger partial charge in [-0.3, -0.25) is 4.79 Å². The van der Waals surface area contributed by atoms with Crippen LogP contribution in [0.1, 0.15) is 27.7 Å². The first-order valence-corrected chi connectivity index (χ1v) is 6.64. The topological polar surface area (TPSA) is 50.2 Å². The number of thiazole rings is 1. The van der Waals surface area contributed by atoms with Crippen LogP contribution in [0.15, 0.2) is 29.6 Å². The maximum atomic E-state index is 11.4. The molecule has 0 amide bonds. The van der Waals surface area contributed by atoms with Crippen molar-refractivity contribution in [1.29, 1.82) is 0 Å². The number of aliphatic carboxylic acids is 1. The molecule has 0 aliphatic heterocycles. The van der Waals surface area contributed by atoms with Crippen LogP contribution in [0.2, 0.25) is 0 Å². The van der Waals surface area contributed by atoms with Crippen LogP contribution in [0.25, 0.3) is 0 Å². The van der Waals surface area contributed by atoms with Gasteiger partial charge in [0.15, 0.2) is 0 Å². The molecule has 1 atom stereocenters. The molecular formula is C14H15NO2S. The predicted molar refractivity (Wildman–Crippen MR) is 72.1 cm³/mol. The number of rotatable bonds is 4. The number of aromatic nitrogens is 1. The molecule has 1 unspecified atom stereocenters. The van der Waals surface area contributed by atoms with E-state index >= 15 is 0 Å². The van der Waals surface area contributed by atoms with Gasteiger partial charge < -0.3 is 5.11 Å². The number of carboxylic acid groups (broad SMARTS) is 1. The minimum absolute atomic E-state index is 0.456. The fourth-order valence-electron chi connectivity index (χ4n) is 1.91. The van der Waals surface area contributed by atoms with Crippen LogP contribution < -0.4 is 0 Å². The molecule has 0 radical (unpaired) electrons. The Labute approximate surface area is 110 Å². The number of carboxylic acids is 1. The minimum atomic E-state index is -0.798. The molecule has 2 rings (SSSR count). The fourth-order valence-corrected chi connectivity index (χ4v) is 2.72. The van der Waals surface area contributed by atoms with Gasteiger partial charge in [-0.2, -0.15) is 0 Å². The van der Waals surface area contributed by atoms with E-state index < -0.39 is 11.9 Å². The molecule has 0 aliphatic carbocycles. The number of aryl methyl sites for hydroxylation is 2. The van der Waals surface area contributed by atoms with E-state index in [4.69, 9.17) is 0 Å². The number of nitrogens with zero attached hydrogens (tertiary/aromatic N) is 1. The molecule has 0 spiro atoms. The Bertz CT molecular complexity index is 562. The van der Waals surface area contributed by atoms with Gasteiger partial charge >= 0.3 is 5.97 Å². The monoisotopic (exact) mass is 261 g/mol. The molecule has 2 aromatic rings. The van der Waals surface area contributed by atoms with Crippen LogP contribution in [0.3, 0.4) is 0 Å². The van der Waals surface area contributed by atoms with Crippen LogP contribution in [0.4, 0.5) is 0 Å². The maximum Gasteiger partial charge on any atom is 0.311 e. The summed E-state index contributed by atoms with van der Waals surface area (Å²) in [5.74, 6) is -1.32. The molecule has 0 aliphatic rings. The van der Waals surface area contributed by atoms with Crippen LogP contribution in [0.5, 0.6) is 0 Å². The Hall–Kier alpha value is -1.68. The second-order valence-corrected chi connectivity index (χ2v) is 5.33. The van der Waals surface area contributed by atoms with Crippen molar-refractivity contribution in [3.05, 3.63) is 51.5 Å². The van der Waals surface area contributed by atoms with Crippen LogP contribution in [-0.2, 0) is 11.2 Å². The van der Waals surface area contributed by atoms with Gasteiger partial charge in [0.2, 0.25) is 0 Å². The summed E-state index contributed by atoms with van der Waals surface area (Å²) >= 11 is 1.52. The first-order chi connectivity index (χ1) is 8.56. The molecule has 0 saturated carbocycles. The molecule has 1 aromatic carbocycles. The van der Waals surface area contributed by atoms with E-state index in [1.807, 2.05) is 43.5 Å². The summed E-state index contributed by atoms with van der Waals surface area (Å²) in [6, 6.07) is 7.66. The van der Waals surface area contributed by atoms with E-state index in [2.05, 4.69) is 4.98 Å². The van der Waals surface area contributed by atoms with Gasteiger partial charge in [0.25, 0.3) is 0 Å². The highest BCUT2D eigenvalue weighted by Gasteiger charge is 2.21. The second-order valence-electron chi connectivity index (χ2n) is 4.39. The van der Waals surface area contributed by atoms with Gasteiger partial charge in [-0.05, 0) is 19.4 Å². The summed E-state index contributed by atoms with van der Waals surface area (Å²) < 4.78 is 0. The normalized spacial score (nSPS) is 12.3. The van der Waals surface area contributed by atoms with Crippen LogP contribution in [0, 0.1) is 13.8 Å². The Kier molecular flexibility index (Phi) is 3.77. The average Bonchev–Trinajstić information content (AvgIpc) is 2.71. The van der Waals surface area contributed by atoms with Crippen molar-refractivity contribution in [3.8, 4) is 0 Å². The molecule has 94 valence electrons. The molecule has 1 aromatic heterocycles. The van der Waals surface area contributed by atoms with Crippen LogP contribution in [-0.4, -0.2) is 16.1 Å². The summed E-state index contributed by atoms with van der Waals surface area (Å²) in [5.41, 5.74) is 2.87. The zero-order chi connectivity index (χ0) is 13.1. The Morgan fingerprint density at radius 1 is 1.44 bits per heavy atom. The highest BCUT2D eigenvalue weighted by atomic mass is 32.1. The molecule has 4 heteroatoms. The van der Waals surface area contributed by atoms with Gasteiger partial charge in [0.05, 0.1) is 10.9 Å². The molecule has 3 nitrogen and oxygen atoms in total. The number of hydrogen-bond donors (Lipinski definition) is 1. The van der Waals surface area contributed by atoms with Gasteiger partial charge in [-0.25, -0.2) is 4.98 Å². The van der Waals surface area contributed by atoms with Gasteiger partial charge in [0.1, 0.15) is 0 Å². The summed E-state index contributed by atoms with van der Waals surface area (Å²) in [4.78, 5) is 15.7. The number of benzene rings is 1. The summed E-state index contributed by atoms with van der Waals surface area (Å²) in [7, 11) is 0. The van der Waals surface area contributed by atoms with Gasteiger partial charge in [-0.15, -0.1) is 11.3 Å². The Balaban J connectivity index is 2.26. The van der Waals surface area contributed by atoms with E-state index in [9.17, 15) is 9.90 Å². The highest BCUT2D eigenvalue weighted by Crippen LogP contribution is 2.24. The molecule has 0 bridgehead atoms. The third-order valence-corrected chi connectivity index (χ3v) is 3.78. The first kappa shape index (κ1) is 12.8. The zero-order valence-corrected chi connectivity index (χ0v) is 11.2. The molecule has 1 heterocycles. The summed E-state index contributed by atoms with van der Waals surface area (Å²) in [6.07, 6.45) is 0.456. The van der Waals surface area contributed by atoms with Crippen molar-refractivity contribution in [2.45, 2.75) is 26.2 Å². The standard InChI is InChI=1S/C14H15NO2S/c1-9-4-3-5-11(6-9)12(14(16)17)7-13-15-10(2)8-18-13/h3-6,8,12H,7H2,1-2H3,(H,16,17). The lowest BCUT2D eigenvalue weighted by molar-refractivity contribution is -0.138. The summed E-state index contributed by atoms with van der Waals surface area (Å²) in [5, 5.41) is 12.2. The van der Waals surface area contributed by atoms with E-state index in [-0.39, 0.29) is 0 Å². The quantitative estimate of drug-likeness (QED) is 0.919. The lowest BCUT2D eigenvalue weighted by Gasteiger charge is -2.11. The van der Waals surface area contributed by atoms with Crippen LogP contribution >= 0.6 is 11.3 Å². The lowest BCUT2D eigenvalue weighted by Crippen LogP contribution is -2.14. The molecule has 0 fully saturated rings. The SMILES string of the molecule is Cc1cccc(C(Cc2nc(C)cs2)C(=O)O)c1. The highest BCUT2D eigenvalue weighted by molar-refractivity contribution is 7.09. The molecule has 0 saturated heterocycles. The molecule has 1 N–H and O–H groups in total. The Morgan fingerprint density at radius 3 is 2.78 bits per heavy atom. The fraction of sp³-hybridized carbons (Fsp3) is 0.286. The third kappa shape index (κ3) is 2.96. The third-order valence-electron chi connectivity index (χ3n) is 2.79.